The van der Waals surface area contributed by atoms with Gasteiger partial charge < -0.3 is 9.79 Å². The van der Waals surface area contributed by atoms with Gasteiger partial charge in [-0.2, -0.15) is 0 Å². The molecule has 56 valence electrons. The number of rotatable bonds is 3. The van der Waals surface area contributed by atoms with Crippen LogP contribution in [-0.4, -0.2) is 16.2 Å². The van der Waals surface area contributed by atoms with Crippen LogP contribution in [0.25, 0.3) is 0 Å². The summed E-state index contributed by atoms with van der Waals surface area (Å²) in [7, 11) is -7.92. The molecule has 0 rings (SSSR count). The van der Waals surface area contributed by atoms with Gasteiger partial charge in [0.05, 0.1) is 0 Å². The third-order valence-corrected chi connectivity index (χ3v) is 2.44. The van der Waals surface area contributed by atoms with Crippen molar-refractivity contribution >= 4 is 15.9 Å². The maximum absolute atomic E-state index is 11.3. The van der Waals surface area contributed by atoms with Gasteiger partial charge in [-0.25, -0.2) is 8.70 Å². The first-order chi connectivity index (χ1) is 3.98. The molecule has 0 heterocycles. The molecule has 0 spiro atoms. The molecule has 0 bridgehead atoms. The number of hydrogen-bond acceptors (Lipinski definition) is 3. The van der Waals surface area contributed by atoms with E-state index in [-0.39, 0.29) is 0 Å². The van der Waals surface area contributed by atoms with Crippen molar-refractivity contribution in [2.75, 3.05) is 6.42 Å². The lowest BCUT2D eigenvalue weighted by molar-refractivity contribution is 0.333. The number of alkyl halides is 1. The number of halogens is 1. The van der Waals surface area contributed by atoms with Crippen LogP contribution in [0.4, 0.5) is 4.39 Å². The molecule has 8 heteroatoms. The summed E-state index contributed by atoms with van der Waals surface area (Å²) in [6.45, 7) is 0. The predicted octanol–water partition coefficient (Wildman–Crippen LogP) is 0.497. The van der Waals surface area contributed by atoms with Crippen molar-refractivity contribution < 1.29 is 27.6 Å². The van der Waals surface area contributed by atoms with E-state index < -0.39 is 22.3 Å². The second-order valence-electron chi connectivity index (χ2n) is 1.11. The van der Waals surface area contributed by atoms with Crippen LogP contribution in [-0.2, 0) is 13.4 Å². The predicted molar refractivity (Wildman–Crippen MR) is 28.1 cm³/mol. The van der Waals surface area contributed by atoms with E-state index in [0.29, 0.717) is 0 Å². The molecule has 9 heavy (non-hydrogen) atoms. The maximum Gasteiger partial charge on any atom is 0.365 e. The van der Waals surface area contributed by atoms with Crippen molar-refractivity contribution in [3.8, 4) is 0 Å². The highest BCUT2D eigenvalue weighted by Gasteiger charge is 2.20. The minimum absolute atomic E-state index is 1.65. The highest BCUT2D eigenvalue weighted by Crippen LogP contribution is 2.49. The molecule has 0 amide bonds. The van der Waals surface area contributed by atoms with Crippen LogP contribution in [0.1, 0.15) is 0 Å². The van der Waals surface area contributed by atoms with Gasteiger partial charge in [-0.05, 0) is 0 Å². The zero-order chi connectivity index (χ0) is 7.49. The Bertz CT molecular complexity index is 155. The number of hydrogen-bond donors (Lipinski definition) is 2. The molecule has 5 nitrogen and oxygen atoms in total. The van der Waals surface area contributed by atoms with Gasteiger partial charge in [0, 0.05) is 0 Å². The molecule has 2 unspecified atom stereocenters. The summed E-state index contributed by atoms with van der Waals surface area (Å²) in [6.07, 6.45) is -1.65. The Kier molecular flexibility index (Phi) is 3.54. The van der Waals surface area contributed by atoms with E-state index in [4.69, 9.17) is 9.79 Å². The Hall–Kier alpha value is 0.270. The third kappa shape index (κ3) is 4.75. The molecule has 0 aromatic carbocycles. The van der Waals surface area contributed by atoms with Gasteiger partial charge in [-0.1, -0.05) is 0 Å². The molecule has 2 atom stereocenters. The van der Waals surface area contributed by atoms with Gasteiger partial charge in [0.15, 0.2) is 6.42 Å². The highest BCUT2D eigenvalue weighted by atomic mass is 31.2. The lowest BCUT2D eigenvalue weighted by Crippen LogP contribution is -1.81. The van der Waals surface area contributed by atoms with Crippen molar-refractivity contribution in [1.29, 1.82) is 0 Å². The molecule has 0 saturated heterocycles. The van der Waals surface area contributed by atoms with E-state index >= 15 is 0 Å². The monoisotopic (exact) mass is 178 g/mol. The maximum atomic E-state index is 11.3. The first-order valence-corrected chi connectivity index (χ1v) is 4.81. The molecule has 0 aromatic heterocycles. The van der Waals surface area contributed by atoms with Crippen LogP contribution in [0.3, 0.4) is 0 Å². The zero-order valence-electron chi connectivity index (χ0n) is 4.15. The normalized spacial score (nSPS) is 20.8. The van der Waals surface area contributed by atoms with E-state index in [9.17, 15) is 13.5 Å². The van der Waals surface area contributed by atoms with Crippen LogP contribution < -0.4 is 0 Å². The van der Waals surface area contributed by atoms with Gasteiger partial charge in [0.1, 0.15) is 0 Å². The van der Waals surface area contributed by atoms with Crippen LogP contribution in [0, 0.1) is 0 Å². The summed E-state index contributed by atoms with van der Waals surface area (Å²) >= 11 is 0. The topological polar surface area (TPSA) is 83.8 Å². The van der Waals surface area contributed by atoms with Crippen LogP contribution >= 0.6 is 15.9 Å². The van der Waals surface area contributed by atoms with Crippen molar-refractivity contribution in [3.63, 3.8) is 0 Å². The molecule has 0 aromatic rings. The average molecular weight is 178 g/mol. The largest absolute Gasteiger partial charge is 0.365 e. The summed E-state index contributed by atoms with van der Waals surface area (Å²) in [5, 5.41) is 0. The molecule has 0 aliphatic heterocycles. The van der Waals surface area contributed by atoms with E-state index in [2.05, 4.69) is 4.31 Å². The molecule has 0 radical (unpaired) electrons. The Balaban J connectivity index is 3.88. The van der Waals surface area contributed by atoms with Gasteiger partial charge in [-0.15, -0.1) is 0 Å². The zero-order valence-corrected chi connectivity index (χ0v) is 6.05. The molecule has 0 aliphatic rings. The molecule has 0 fully saturated rings. The van der Waals surface area contributed by atoms with Crippen LogP contribution in [0.15, 0.2) is 0 Å². The smallest absolute Gasteiger partial charge is 0.326 e. The van der Waals surface area contributed by atoms with E-state index in [1.54, 1.807) is 0 Å². The van der Waals surface area contributed by atoms with E-state index in [1.165, 1.54) is 0 Å². The fourth-order valence-corrected chi connectivity index (χ4v) is 1.32. The summed E-state index contributed by atoms with van der Waals surface area (Å²) < 4.78 is 34.3. The van der Waals surface area contributed by atoms with Gasteiger partial charge in [0.25, 0.3) is 0 Å². The molecule has 2 N–H and O–H groups in total. The highest BCUT2D eigenvalue weighted by molar-refractivity contribution is 7.59. The van der Waals surface area contributed by atoms with Crippen LogP contribution in [0.5, 0.6) is 0 Å². The molecular formula is CH5FO5P2. The standard InChI is InChI=1S/CH5FO5P2/c2-1-9(5,6)7-8(3)4/h8H,1H2,(H,3,4)(H,5,6). The van der Waals surface area contributed by atoms with Crippen molar-refractivity contribution in [3.05, 3.63) is 0 Å². The molecule has 0 aliphatic carbocycles. The first-order valence-electron chi connectivity index (χ1n) is 1.78. The summed E-state index contributed by atoms with van der Waals surface area (Å²) in [5.41, 5.74) is 0. The fourth-order valence-electron chi connectivity index (χ4n) is 0.146. The van der Waals surface area contributed by atoms with E-state index in [0.717, 1.165) is 0 Å². The Morgan fingerprint density at radius 2 is 2.22 bits per heavy atom. The van der Waals surface area contributed by atoms with Gasteiger partial charge >= 0.3 is 15.9 Å². The van der Waals surface area contributed by atoms with Crippen LogP contribution in [0.2, 0.25) is 0 Å². The van der Waals surface area contributed by atoms with Crippen molar-refractivity contribution in [2.24, 2.45) is 0 Å². The molecule has 0 saturated carbocycles. The fraction of sp³-hybridized carbons (Fsp3) is 1.00. The Morgan fingerprint density at radius 1 is 1.78 bits per heavy atom. The average Bonchev–Trinajstić information content (AvgIpc) is 1.63. The SMILES string of the molecule is O=[PH](O)OP(=O)(O)CF. The first kappa shape index (κ1) is 9.27. The quantitative estimate of drug-likeness (QED) is 0.614. The summed E-state index contributed by atoms with van der Waals surface area (Å²) in [6, 6.07) is 0. The molecular weight excluding hydrogens is 173 g/mol. The summed E-state index contributed by atoms with van der Waals surface area (Å²) in [4.78, 5) is 16.0. The Morgan fingerprint density at radius 3 is 2.33 bits per heavy atom. The van der Waals surface area contributed by atoms with E-state index in [1.807, 2.05) is 0 Å². The lowest BCUT2D eigenvalue weighted by atomic mass is 11.8. The van der Waals surface area contributed by atoms with Crippen molar-refractivity contribution in [2.45, 2.75) is 0 Å². The van der Waals surface area contributed by atoms with Gasteiger partial charge in [0.2, 0.25) is 0 Å². The third-order valence-electron chi connectivity index (χ3n) is 0.372. The van der Waals surface area contributed by atoms with Crippen molar-refractivity contribution in [1.82, 2.24) is 0 Å². The second kappa shape index (κ2) is 3.44. The summed E-state index contributed by atoms with van der Waals surface area (Å²) in [5.74, 6) is 0. The Labute approximate surface area is 50.9 Å². The minimum atomic E-state index is -4.41. The lowest BCUT2D eigenvalue weighted by Gasteiger charge is -2.02. The minimum Gasteiger partial charge on any atom is -0.326 e. The second-order valence-corrected chi connectivity index (χ2v) is 3.89. The van der Waals surface area contributed by atoms with Gasteiger partial charge in [-0.3, -0.25) is 9.13 Å².